The van der Waals surface area contributed by atoms with Gasteiger partial charge < -0.3 is 0 Å². The van der Waals surface area contributed by atoms with Gasteiger partial charge in [-0.05, 0) is 34.8 Å². The molecule has 0 aliphatic heterocycles. The number of aryl methyl sites for hydroxylation is 1. The second kappa shape index (κ2) is 5.16. The van der Waals surface area contributed by atoms with E-state index in [0.717, 1.165) is 0 Å². The molecule has 1 aromatic heterocycles. The minimum absolute atomic E-state index is 0.0206. The van der Waals surface area contributed by atoms with Crippen LogP contribution in [-0.4, -0.2) is 0 Å². The van der Waals surface area contributed by atoms with E-state index in [9.17, 15) is 0 Å². The maximum Gasteiger partial charge on any atom is 0.0316 e. The molecular weight excluding hydrogens is 235 g/mol. The van der Waals surface area contributed by atoms with Gasteiger partial charge in [-0.1, -0.05) is 61.9 Å². The molecule has 0 amide bonds. The third kappa shape index (κ3) is 2.06. The van der Waals surface area contributed by atoms with Crippen molar-refractivity contribution in [3.05, 3.63) is 64.7 Å². The monoisotopic (exact) mass is 254 g/mol. The van der Waals surface area contributed by atoms with E-state index in [4.69, 9.17) is 0 Å². The number of unbranched alkanes of at least 4 members (excludes halogenated alkanes) is 1. The van der Waals surface area contributed by atoms with Gasteiger partial charge in [0.1, 0.15) is 0 Å². The van der Waals surface area contributed by atoms with Crippen LogP contribution in [0.2, 0.25) is 0 Å². The zero-order chi connectivity index (χ0) is 12.4. The molecular formula is C17H19P. The summed E-state index contributed by atoms with van der Waals surface area (Å²) in [6, 6.07) is 13.4. The van der Waals surface area contributed by atoms with Crippen molar-refractivity contribution in [2.24, 2.45) is 0 Å². The molecule has 1 aliphatic carbocycles. The highest BCUT2D eigenvalue weighted by atomic mass is 31.1. The highest BCUT2D eigenvalue weighted by Crippen LogP contribution is 2.46. The van der Waals surface area contributed by atoms with Crippen LogP contribution in [0.25, 0.3) is 6.08 Å². The van der Waals surface area contributed by atoms with Crippen LogP contribution in [0, 0.1) is 0 Å². The Morgan fingerprint density at radius 1 is 1.11 bits per heavy atom. The van der Waals surface area contributed by atoms with Gasteiger partial charge in [-0.2, -0.15) is 0 Å². The molecule has 0 saturated carbocycles. The maximum absolute atomic E-state index is 2.44. The first-order valence-electron chi connectivity index (χ1n) is 6.82. The molecule has 0 bridgehead atoms. The molecule has 1 aliphatic rings. The van der Waals surface area contributed by atoms with Gasteiger partial charge in [0, 0.05) is 5.92 Å². The lowest BCUT2D eigenvalue weighted by Crippen LogP contribution is -1.93. The first kappa shape index (κ1) is 11.8. The summed E-state index contributed by atoms with van der Waals surface area (Å²) in [4.78, 5) is 0. The summed E-state index contributed by atoms with van der Waals surface area (Å²) in [6.45, 7) is 2.28. The number of rotatable bonds is 4. The van der Waals surface area contributed by atoms with E-state index < -0.39 is 0 Å². The second-order valence-corrected chi connectivity index (χ2v) is 7.15. The molecule has 2 unspecified atom stereocenters. The van der Waals surface area contributed by atoms with Crippen LogP contribution in [0.5, 0.6) is 0 Å². The van der Waals surface area contributed by atoms with Crippen LogP contribution in [-0.2, 0) is 6.16 Å². The molecule has 1 aromatic carbocycles. The predicted molar refractivity (Wildman–Crippen MR) is 81.4 cm³/mol. The molecule has 0 fully saturated rings. The molecule has 1 heterocycles. The van der Waals surface area contributed by atoms with E-state index in [2.05, 4.69) is 61.3 Å². The lowest BCUT2D eigenvalue weighted by Gasteiger charge is -2.13. The highest BCUT2D eigenvalue weighted by Gasteiger charge is 2.20. The fourth-order valence-electron chi connectivity index (χ4n) is 2.75. The Morgan fingerprint density at radius 3 is 2.89 bits per heavy atom. The number of hydrogen-bond acceptors (Lipinski definition) is 0. The number of benzene rings is 1. The topological polar surface area (TPSA) is 0 Å². The SMILES string of the molecule is CCCCp1cccc1C1C=Cc2ccccc21. The predicted octanol–water partition coefficient (Wildman–Crippen LogP) is 5.63. The maximum atomic E-state index is 2.44. The fraction of sp³-hybridized carbons (Fsp3) is 0.294. The molecule has 1 heteroatoms. The average molecular weight is 254 g/mol. The molecule has 18 heavy (non-hydrogen) atoms. The Bertz CT molecular complexity index is 562. The van der Waals surface area contributed by atoms with Crippen LogP contribution in [0.1, 0.15) is 42.1 Å². The lowest BCUT2D eigenvalue weighted by atomic mass is 9.99. The molecule has 0 nitrogen and oxygen atoms in total. The highest BCUT2D eigenvalue weighted by molar-refractivity contribution is 7.49. The van der Waals surface area contributed by atoms with E-state index in [1.54, 1.807) is 5.30 Å². The Balaban J connectivity index is 1.93. The third-order valence-electron chi connectivity index (χ3n) is 3.74. The normalized spacial score (nSPS) is 18.1. The molecule has 2 atom stereocenters. The molecule has 0 spiro atoms. The molecule has 0 saturated heterocycles. The summed E-state index contributed by atoms with van der Waals surface area (Å²) < 4.78 is 0. The van der Waals surface area contributed by atoms with Crippen molar-refractivity contribution in [1.29, 1.82) is 0 Å². The van der Waals surface area contributed by atoms with Crippen LogP contribution >= 0.6 is 7.53 Å². The van der Waals surface area contributed by atoms with Gasteiger partial charge in [0.15, 0.2) is 0 Å². The van der Waals surface area contributed by atoms with Crippen molar-refractivity contribution in [2.45, 2.75) is 31.8 Å². The number of hydrogen-bond donors (Lipinski definition) is 0. The van der Waals surface area contributed by atoms with Crippen LogP contribution in [0.3, 0.4) is 0 Å². The standard InChI is InChI=1S/C17H19P/c1-2-3-12-18-13-6-9-17(18)16-11-10-14-7-4-5-8-15(14)16/h4-11,13,16H,2-3,12H2,1H3. The van der Waals surface area contributed by atoms with Gasteiger partial charge in [-0.25, -0.2) is 0 Å². The van der Waals surface area contributed by atoms with Crippen LogP contribution in [0.15, 0.2) is 48.3 Å². The smallest absolute Gasteiger partial charge is 0.0316 e. The lowest BCUT2D eigenvalue weighted by molar-refractivity contribution is 0.854. The Morgan fingerprint density at radius 2 is 2.00 bits per heavy atom. The van der Waals surface area contributed by atoms with Crippen LogP contribution < -0.4 is 0 Å². The Labute approximate surface area is 110 Å². The van der Waals surface area contributed by atoms with Crippen molar-refractivity contribution in [1.82, 2.24) is 0 Å². The zero-order valence-corrected chi connectivity index (χ0v) is 11.7. The van der Waals surface area contributed by atoms with Crippen molar-refractivity contribution >= 4 is 13.6 Å². The number of allylic oxidation sites excluding steroid dienone is 1. The quantitative estimate of drug-likeness (QED) is 0.663. The second-order valence-electron chi connectivity index (χ2n) is 4.95. The largest absolute Gasteiger partial charge is 0.121 e. The van der Waals surface area contributed by atoms with Gasteiger partial charge in [-0.15, -0.1) is 7.53 Å². The first-order valence-corrected chi connectivity index (χ1v) is 8.42. The van der Waals surface area contributed by atoms with E-state index >= 15 is 0 Å². The summed E-state index contributed by atoms with van der Waals surface area (Å²) in [5.41, 5.74) is 2.90. The molecule has 0 N–H and O–H groups in total. The van der Waals surface area contributed by atoms with Gasteiger partial charge in [-0.3, -0.25) is 0 Å². The van der Waals surface area contributed by atoms with E-state index in [1.165, 1.54) is 30.1 Å². The fourth-order valence-corrected chi connectivity index (χ4v) is 5.14. The third-order valence-corrected chi connectivity index (χ3v) is 6.16. The van der Waals surface area contributed by atoms with Gasteiger partial charge >= 0.3 is 0 Å². The number of fused-ring (bicyclic) bond motifs is 1. The summed E-state index contributed by atoms with van der Waals surface area (Å²) in [5, 5.41) is 1.65. The van der Waals surface area contributed by atoms with Crippen molar-refractivity contribution in [3.8, 4) is 0 Å². The summed E-state index contributed by atoms with van der Waals surface area (Å²) in [5.74, 6) is 2.98. The molecule has 2 aromatic rings. The zero-order valence-electron chi connectivity index (χ0n) is 10.8. The van der Waals surface area contributed by atoms with Gasteiger partial charge in [0.25, 0.3) is 0 Å². The Kier molecular flexibility index (Phi) is 3.39. The summed E-state index contributed by atoms with van der Waals surface area (Å²) in [7, 11) is -0.0206. The minimum atomic E-state index is -0.0206. The average Bonchev–Trinajstić information content (AvgIpc) is 3.02. The first-order chi connectivity index (χ1) is 8.90. The van der Waals surface area contributed by atoms with Gasteiger partial charge in [0.2, 0.25) is 0 Å². The van der Waals surface area contributed by atoms with Gasteiger partial charge in [0.05, 0.1) is 0 Å². The minimum Gasteiger partial charge on any atom is -0.121 e. The summed E-state index contributed by atoms with van der Waals surface area (Å²) >= 11 is 0. The summed E-state index contributed by atoms with van der Waals surface area (Å²) in [6.07, 6.45) is 8.68. The van der Waals surface area contributed by atoms with Crippen molar-refractivity contribution in [2.75, 3.05) is 0 Å². The molecule has 0 radical (unpaired) electrons. The molecule has 92 valence electrons. The van der Waals surface area contributed by atoms with E-state index in [0.29, 0.717) is 5.92 Å². The van der Waals surface area contributed by atoms with Crippen molar-refractivity contribution in [3.63, 3.8) is 0 Å². The van der Waals surface area contributed by atoms with E-state index in [1.807, 2.05) is 0 Å². The van der Waals surface area contributed by atoms with Crippen molar-refractivity contribution < 1.29 is 0 Å². The Hall–Kier alpha value is -1.26. The van der Waals surface area contributed by atoms with E-state index in [-0.39, 0.29) is 7.53 Å². The van der Waals surface area contributed by atoms with Crippen LogP contribution in [0.4, 0.5) is 0 Å². The molecule has 3 rings (SSSR count).